The molecule has 25 heavy (non-hydrogen) atoms. The van der Waals surface area contributed by atoms with Gasteiger partial charge in [0.05, 0.1) is 19.1 Å². The Balaban J connectivity index is 1.32. The molecule has 5 heteroatoms. The Morgan fingerprint density at radius 3 is 2.68 bits per heavy atom. The number of rotatable bonds is 3. The van der Waals surface area contributed by atoms with Gasteiger partial charge in [0.15, 0.2) is 5.79 Å². The van der Waals surface area contributed by atoms with E-state index in [1.54, 1.807) is 0 Å². The lowest BCUT2D eigenvalue weighted by Gasteiger charge is -2.49. The number of carbonyl (C=O) groups is 1. The molecule has 0 bridgehead atoms. The molecule has 4 fully saturated rings. The average Bonchev–Trinajstić information content (AvgIpc) is 3.07. The maximum Gasteiger partial charge on any atom is 0.224 e. The summed E-state index contributed by atoms with van der Waals surface area (Å²) in [5, 5.41) is 3.27. The molecule has 3 atom stereocenters. The smallest absolute Gasteiger partial charge is 0.224 e. The highest BCUT2D eigenvalue weighted by molar-refractivity contribution is 5.79. The first-order valence-corrected chi connectivity index (χ1v) is 10.4. The van der Waals surface area contributed by atoms with E-state index in [0.29, 0.717) is 17.9 Å². The minimum atomic E-state index is -0.345. The van der Waals surface area contributed by atoms with Gasteiger partial charge in [-0.25, -0.2) is 0 Å². The fourth-order valence-corrected chi connectivity index (χ4v) is 5.71. The SMILES string of the molecule is CN1C[C@H](C(=O)NCC2CCCCC2)C[C@@H]2CC3(CC[C@H]21)OCCO3. The number of likely N-dealkylation sites (tertiary alicyclic amines) is 1. The van der Waals surface area contributed by atoms with Crippen molar-refractivity contribution in [2.45, 2.75) is 69.6 Å². The second kappa shape index (κ2) is 7.53. The van der Waals surface area contributed by atoms with Crippen LogP contribution in [0, 0.1) is 17.8 Å². The van der Waals surface area contributed by atoms with Crippen molar-refractivity contribution in [3.05, 3.63) is 0 Å². The minimum absolute atomic E-state index is 0.117. The van der Waals surface area contributed by atoms with E-state index >= 15 is 0 Å². The average molecular weight is 351 g/mol. The maximum absolute atomic E-state index is 12.8. The predicted octanol–water partition coefficient (Wildman–Crippen LogP) is 2.55. The molecule has 2 saturated heterocycles. The Labute approximate surface area is 151 Å². The van der Waals surface area contributed by atoms with Gasteiger partial charge in [0.2, 0.25) is 5.91 Å². The van der Waals surface area contributed by atoms with Crippen molar-refractivity contribution in [2.75, 3.05) is 33.4 Å². The molecule has 0 unspecified atom stereocenters. The normalized spacial score (nSPS) is 36.3. The Morgan fingerprint density at radius 2 is 1.92 bits per heavy atom. The van der Waals surface area contributed by atoms with Gasteiger partial charge in [-0.1, -0.05) is 19.3 Å². The van der Waals surface area contributed by atoms with Crippen LogP contribution < -0.4 is 5.32 Å². The number of nitrogens with zero attached hydrogens (tertiary/aromatic N) is 1. The predicted molar refractivity (Wildman–Crippen MR) is 96.1 cm³/mol. The molecule has 4 aliphatic rings. The van der Waals surface area contributed by atoms with Crippen molar-refractivity contribution in [3.8, 4) is 0 Å². The molecule has 2 aliphatic heterocycles. The van der Waals surface area contributed by atoms with Gasteiger partial charge in [-0.3, -0.25) is 4.79 Å². The van der Waals surface area contributed by atoms with Gasteiger partial charge in [-0.15, -0.1) is 0 Å². The van der Waals surface area contributed by atoms with Crippen molar-refractivity contribution in [1.29, 1.82) is 0 Å². The second-order valence-corrected chi connectivity index (χ2v) is 8.80. The van der Waals surface area contributed by atoms with E-state index in [0.717, 1.165) is 52.0 Å². The Morgan fingerprint density at radius 1 is 1.16 bits per heavy atom. The first kappa shape index (κ1) is 17.7. The zero-order valence-electron chi connectivity index (χ0n) is 15.7. The zero-order valence-corrected chi connectivity index (χ0v) is 15.7. The Bertz CT molecular complexity index is 472. The highest BCUT2D eigenvalue weighted by atomic mass is 16.7. The highest BCUT2D eigenvalue weighted by Crippen LogP contribution is 2.44. The van der Waals surface area contributed by atoms with Crippen LogP contribution in [0.25, 0.3) is 0 Å². The van der Waals surface area contributed by atoms with Crippen LogP contribution in [0.5, 0.6) is 0 Å². The van der Waals surface area contributed by atoms with Crippen molar-refractivity contribution in [1.82, 2.24) is 10.2 Å². The van der Waals surface area contributed by atoms with E-state index in [1.165, 1.54) is 32.1 Å². The van der Waals surface area contributed by atoms with E-state index in [4.69, 9.17) is 9.47 Å². The van der Waals surface area contributed by atoms with Gasteiger partial charge < -0.3 is 19.7 Å². The van der Waals surface area contributed by atoms with Gasteiger partial charge in [0.25, 0.3) is 0 Å². The number of carbonyl (C=O) groups excluding carboxylic acids is 1. The summed E-state index contributed by atoms with van der Waals surface area (Å²) in [6.07, 6.45) is 10.7. The van der Waals surface area contributed by atoms with Crippen LogP contribution in [-0.2, 0) is 14.3 Å². The number of fused-ring (bicyclic) bond motifs is 1. The van der Waals surface area contributed by atoms with Gasteiger partial charge in [-0.2, -0.15) is 0 Å². The van der Waals surface area contributed by atoms with Crippen molar-refractivity contribution < 1.29 is 14.3 Å². The molecule has 4 rings (SSSR count). The molecule has 1 spiro atoms. The molecule has 2 saturated carbocycles. The van der Waals surface area contributed by atoms with Gasteiger partial charge >= 0.3 is 0 Å². The number of piperidine rings is 1. The second-order valence-electron chi connectivity index (χ2n) is 8.80. The van der Waals surface area contributed by atoms with E-state index in [9.17, 15) is 4.79 Å². The van der Waals surface area contributed by atoms with E-state index in [1.807, 2.05) is 0 Å². The van der Waals surface area contributed by atoms with Crippen LogP contribution in [0.2, 0.25) is 0 Å². The molecular weight excluding hydrogens is 316 g/mol. The molecule has 2 heterocycles. The fraction of sp³-hybridized carbons (Fsp3) is 0.950. The molecule has 1 amide bonds. The summed E-state index contributed by atoms with van der Waals surface area (Å²) in [7, 11) is 2.19. The summed E-state index contributed by atoms with van der Waals surface area (Å²) >= 11 is 0. The highest BCUT2D eigenvalue weighted by Gasteiger charge is 2.49. The molecule has 1 N–H and O–H groups in total. The largest absolute Gasteiger partial charge is 0.356 e. The summed E-state index contributed by atoms with van der Waals surface area (Å²) in [4.78, 5) is 15.2. The molecule has 0 aromatic carbocycles. The number of hydrogen-bond donors (Lipinski definition) is 1. The monoisotopic (exact) mass is 350 g/mol. The van der Waals surface area contributed by atoms with Crippen LogP contribution in [0.1, 0.15) is 57.8 Å². The Hall–Kier alpha value is -0.650. The summed E-state index contributed by atoms with van der Waals surface area (Å²) in [5.74, 6) is 1.25. The van der Waals surface area contributed by atoms with Gasteiger partial charge in [-0.05, 0) is 44.6 Å². The number of amides is 1. The lowest BCUT2D eigenvalue weighted by Crippen LogP contribution is -2.55. The minimum Gasteiger partial charge on any atom is -0.356 e. The molecule has 142 valence electrons. The summed E-state index contributed by atoms with van der Waals surface area (Å²) in [5.41, 5.74) is 0. The summed E-state index contributed by atoms with van der Waals surface area (Å²) < 4.78 is 11.9. The molecule has 0 aromatic heterocycles. The quantitative estimate of drug-likeness (QED) is 0.850. The van der Waals surface area contributed by atoms with Crippen LogP contribution in [0.4, 0.5) is 0 Å². The van der Waals surface area contributed by atoms with Crippen LogP contribution in [0.3, 0.4) is 0 Å². The fourth-order valence-electron chi connectivity index (χ4n) is 5.71. The maximum atomic E-state index is 12.8. The van der Waals surface area contributed by atoms with Crippen LogP contribution in [-0.4, -0.2) is 56.0 Å². The molecule has 2 aliphatic carbocycles. The molecule has 0 radical (unpaired) electrons. The third kappa shape index (κ3) is 3.88. The molecule has 5 nitrogen and oxygen atoms in total. The molecule has 0 aromatic rings. The topological polar surface area (TPSA) is 50.8 Å². The van der Waals surface area contributed by atoms with Crippen LogP contribution >= 0.6 is 0 Å². The van der Waals surface area contributed by atoms with Crippen LogP contribution in [0.15, 0.2) is 0 Å². The van der Waals surface area contributed by atoms with E-state index in [-0.39, 0.29) is 17.6 Å². The number of hydrogen-bond acceptors (Lipinski definition) is 4. The van der Waals surface area contributed by atoms with E-state index in [2.05, 4.69) is 17.3 Å². The zero-order chi connectivity index (χ0) is 17.3. The third-order valence-electron chi connectivity index (χ3n) is 7.07. The standard InChI is InChI=1S/C20H34N2O3/c1-22-14-17(19(23)21-13-15-5-3-2-4-6-15)11-16-12-20(8-7-18(16)22)24-9-10-25-20/h15-18H,2-14H2,1H3,(H,21,23)/t16-,17-,18-/m1/s1. The van der Waals surface area contributed by atoms with Crippen molar-refractivity contribution in [2.24, 2.45) is 17.8 Å². The number of nitrogens with one attached hydrogen (secondary N) is 1. The lowest BCUT2D eigenvalue weighted by molar-refractivity contribution is -0.202. The third-order valence-corrected chi connectivity index (χ3v) is 7.07. The van der Waals surface area contributed by atoms with Crippen molar-refractivity contribution in [3.63, 3.8) is 0 Å². The summed E-state index contributed by atoms with van der Waals surface area (Å²) in [6.45, 7) is 3.22. The van der Waals surface area contributed by atoms with E-state index < -0.39 is 0 Å². The number of ether oxygens (including phenoxy) is 2. The first-order chi connectivity index (χ1) is 12.2. The molecular formula is C20H34N2O3. The van der Waals surface area contributed by atoms with Gasteiger partial charge in [0, 0.05) is 32.0 Å². The van der Waals surface area contributed by atoms with Crippen molar-refractivity contribution >= 4 is 5.91 Å². The Kier molecular flexibility index (Phi) is 5.35. The van der Waals surface area contributed by atoms with Gasteiger partial charge in [0.1, 0.15) is 0 Å². The lowest BCUT2D eigenvalue weighted by atomic mass is 9.72. The summed E-state index contributed by atoms with van der Waals surface area (Å²) in [6, 6.07) is 0.584. The first-order valence-electron chi connectivity index (χ1n) is 10.4.